The smallest absolute Gasteiger partial charge is 0.331 e. The van der Waals surface area contributed by atoms with Gasteiger partial charge in [0.25, 0.3) is 0 Å². The van der Waals surface area contributed by atoms with Gasteiger partial charge < -0.3 is 37.9 Å². The molecule has 30 heavy (non-hydrogen) atoms. The van der Waals surface area contributed by atoms with Crippen LogP contribution >= 0.6 is 0 Å². The van der Waals surface area contributed by atoms with Crippen molar-refractivity contribution >= 4 is 31.0 Å². The van der Waals surface area contributed by atoms with E-state index < -0.39 is 42.2 Å². The number of ether oxygens (including phenoxy) is 8. The number of methoxy groups -OCH3 is 6. The number of carbonyl (C=O) groups excluding carboxylic acids is 2. The quantitative estimate of drug-likeness (QED) is 0.0873. The van der Waals surface area contributed by atoms with Gasteiger partial charge in [0, 0.05) is 54.8 Å². The first-order valence-corrected chi connectivity index (χ1v) is 13.1. The standard InChI is InChI=1S/C18H36O10Si2/c1-21-17(22-2,23-3)29-13-7-11-27-15(19)9-10-16(20)28-12-8-14-30-18(24-4,25-5)26-6/h9-10H,7-8,11-14,29-30H2,1-6H3/b10-9+. The molecule has 0 spiro atoms. The van der Waals surface area contributed by atoms with E-state index in [0.717, 1.165) is 24.2 Å². The highest BCUT2D eigenvalue weighted by atomic mass is 28.2. The van der Waals surface area contributed by atoms with Crippen LogP contribution in [-0.4, -0.2) is 98.0 Å². The molecule has 0 aliphatic heterocycles. The van der Waals surface area contributed by atoms with Crippen molar-refractivity contribution in [2.24, 2.45) is 0 Å². The van der Waals surface area contributed by atoms with Crippen molar-refractivity contribution < 1.29 is 47.5 Å². The number of hydrogen-bond acceptors (Lipinski definition) is 10. The van der Waals surface area contributed by atoms with Crippen LogP contribution in [0.3, 0.4) is 0 Å². The molecule has 0 heterocycles. The van der Waals surface area contributed by atoms with Gasteiger partial charge in [0.2, 0.25) is 11.2 Å². The van der Waals surface area contributed by atoms with Gasteiger partial charge in [-0.05, 0) is 12.8 Å². The Balaban J connectivity index is 3.95. The third-order valence-electron chi connectivity index (χ3n) is 4.46. The molecule has 0 rings (SSSR count). The van der Waals surface area contributed by atoms with Crippen LogP contribution in [0.15, 0.2) is 12.2 Å². The molecule has 176 valence electrons. The van der Waals surface area contributed by atoms with Crippen LogP contribution in [0.1, 0.15) is 12.8 Å². The summed E-state index contributed by atoms with van der Waals surface area (Å²) in [6.45, 7) is 0.479. The second kappa shape index (κ2) is 16.6. The first-order chi connectivity index (χ1) is 14.4. The predicted octanol–water partition coefficient (Wildman–Crippen LogP) is -0.316. The Labute approximate surface area is 183 Å². The lowest BCUT2D eigenvalue weighted by molar-refractivity contribution is -0.295. The normalized spacial score (nSPS) is 13.1. The second-order valence-electron chi connectivity index (χ2n) is 6.17. The lowest BCUT2D eigenvalue weighted by Gasteiger charge is -2.28. The fraction of sp³-hybridized carbons (Fsp3) is 0.778. The van der Waals surface area contributed by atoms with E-state index in [4.69, 9.17) is 37.9 Å². The number of carbonyl (C=O) groups is 2. The molecule has 10 nitrogen and oxygen atoms in total. The van der Waals surface area contributed by atoms with Gasteiger partial charge in [-0.25, -0.2) is 9.59 Å². The summed E-state index contributed by atoms with van der Waals surface area (Å²) in [4.78, 5) is 23.3. The minimum absolute atomic E-state index is 0.239. The minimum atomic E-state index is -0.950. The van der Waals surface area contributed by atoms with Crippen LogP contribution in [0.4, 0.5) is 0 Å². The summed E-state index contributed by atoms with van der Waals surface area (Å²) in [5, 5.41) is 0. The van der Waals surface area contributed by atoms with E-state index in [1.807, 2.05) is 0 Å². The number of rotatable bonds is 18. The van der Waals surface area contributed by atoms with Crippen molar-refractivity contribution in [2.45, 2.75) is 36.1 Å². The van der Waals surface area contributed by atoms with Gasteiger partial charge in [0.1, 0.15) is 19.0 Å². The van der Waals surface area contributed by atoms with Gasteiger partial charge in [0.05, 0.1) is 13.2 Å². The fourth-order valence-electron chi connectivity index (χ4n) is 2.58. The Morgan fingerprint density at radius 2 is 0.933 bits per heavy atom. The van der Waals surface area contributed by atoms with Gasteiger partial charge in [-0.1, -0.05) is 12.1 Å². The van der Waals surface area contributed by atoms with Gasteiger partial charge >= 0.3 is 11.9 Å². The minimum Gasteiger partial charge on any atom is -0.463 e. The molecule has 0 radical (unpaired) electrons. The van der Waals surface area contributed by atoms with Crippen LogP contribution in [0, 0.1) is 0 Å². The van der Waals surface area contributed by atoms with E-state index in [-0.39, 0.29) is 13.2 Å². The Morgan fingerprint density at radius 3 is 1.20 bits per heavy atom. The number of esters is 2. The van der Waals surface area contributed by atoms with E-state index in [1.54, 1.807) is 0 Å². The molecule has 0 unspecified atom stereocenters. The average Bonchev–Trinajstić information content (AvgIpc) is 2.78. The molecular formula is C18H36O10Si2. The molecule has 0 aromatic carbocycles. The van der Waals surface area contributed by atoms with Crippen molar-refractivity contribution in [3.05, 3.63) is 12.2 Å². The molecule has 0 bridgehead atoms. The van der Waals surface area contributed by atoms with Crippen LogP contribution in [0.25, 0.3) is 0 Å². The predicted molar refractivity (Wildman–Crippen MR) is 115 cm³/mol. The largest absolute Gasteiger partial charge is 0.463 e. The second-order valence-corrected chi connectivity index (χ2v) is 10.3. The van der Waals surface area contributed by atoms with Gasteiger partial charge in [-0.15, -0.1) is 0 Å². The van der Waals surface area contributed by atoms with E-state index in [2.05, 4.69) is 0 Å². The summed E-state index contributed by atoms with van der Waals surface area (Å²) in [6.07, 6.45) is 3.43. The van der Waals surface area contributed by atoms with Crippen molar-refractivity contribution in [1.82, 2.24) is 0 Å². The zero-order valence-corrected chi connectivity index (χ0v) is 21.7. The Kier molecular flexibility index (Phi) is 15.9. The highest BCUT2D eigenvalue weighted by Gasteiger charge is 2.29. The molecule has 0 saturated carbocycles. The molecule has 0 aliphatic rings. The van der Waals surface area contributed by atoms with E-state index in [0.29, 0.717) is 12.8 Å². The van der Waals surface area contributed by atoms with Crippen molar-refractivity contribution in [2.75, 3.05) is 55.9 Å². The SMILES string of the molecule is COC(OC)(OC)[SiH2]CCCOC(=O)/C=C/C(=O)OCCC[SiH2]C(OC)(OC)OC. The van der Waals surface area contributed by atoms with Crippen LogP contribution in [-0.2, 0) is 47.5 Å². The first-order valence-electron chi connectivity index (χ1n) is 9.69. The van der Waals surface area contributed by atoms with Crippen LogP contribution < -0.4 is 0 Å². The van der Waals surface area contributed by atoms with Crippen molar-refractivity contribution in [3.8, 4) is 0 Å². The first kappa shape index (κ1) is 28.9. The van der Waals surface area contributed by atoms with Crippen molar-refractivity contribution in [3.63, 3.8) is 0 Å². The summed E-state index contributed by atoms with van der Waals surface area (Å²) in [5.41, 5.74) is -1.90. The Bertz CT molecular complexity index is 447. The highest BCUT2D eigenvalue weighted by molar-refractivity contribution is 6.38. The van der Waals surface area contributed by atoms with Crippen molar-refractivity contribution in [1.29, 1.82) is 0 Å². The zero-order valence-electron chi connectivity index (χ0n) is 18.9. The van der Waals surface area contributed by atoms with Gasteiger partial charge in [-0.3, -0.25) is 0 Å². The lowest BCUT2D eigenvalue weighted by Crippen LogP contribution is -2.42. The maximum Gasteiger partial charge on any atom is 0.331 e. The number of hydrogen-bond donors (Lipinski definition) is 0. The molecule has 0 aliphatic carbocycles. The molecule has 0 amide bonds. The third-order valence-corrected chi connectivity index (χ3v) is 9.13. The summed E-state index contributed by atoms with van der Waals surface area (Å²) in [7, 11) is 7.45. The molecule has 0 N–H and O–H groups in total. The third kappa shape index (κ3) is 11.3. The lowest BCUT2D eigenvalue weighted by atomic mass is 10.4. The van der Waals surface area contributed by atoms with Gasteiger partial charge in [-0.2, -0.15) is 0 Å². The maximum atomic E-state index is 11.6. The molecule has 12 heteroatoms. The van der Waals surface area contributed by atoms with Crippen LogP contribution in [0.2, 0.25) is 12.1 Å². The highest BCUT2D eigenvalue weighted by Crippen LogP contribution is 2.13. The summed E-state index contributed by atoms with van der Waals surface area (Å²) >= 11 is 0. The monoisotopic (exact) mass is 468 g/mol. The van der Waals surface area contributed by atoms with Gasteiger partial charge in [0.15, 0.2) is 0 Å². The molecule has 0 atom stereocenters. The van der Waals surface area contributed by atoms with Crippen LogP contribution in [0.5, 0.6) is 0 Å². The maximum absolute atomic E-state index is 11.6. The Morgan fingerprint density at radius 1 is 0.633 bits per heavy atom. The summed E-state index contributed by atoms with van der Waals surface area (Å²) in [6, 6.07) is 1.60. The molecule has 0 saturated heterocycles. The fourth-order valence-corrected chi connectivity index (χ4v) is 5.58. The topological polar surface area (TPSA) is 108 Å². The average molecular weight is 469 g/mol. The summed E-state index contributed by atoms with van der Waals surface area (Å²) < 4.78 is 41.6. The molecule has 0 fully saturated rings. The zero-order chi connectivity index (χ0) is 22.9. The van der Waals surface area contributed by atoms with E-state index in [9.17, 15) is 9.59 Å². The Hall–Kier alpha value is -1.13. The summed E-state index contributed by atoms with van der Waals surface area (Å²) in [5.74, 6) is -1.19. The van der Waals surface area contributed by atoms with E-state index in [1.165, 1.54) is 42.7 Å². The van der Waals surface area contributed by atoms with E-state index >= 15 is 0 Å². The molecule has 0 aromatic heterocycles. The molecular weight excluding hydrogens is 432 g/mol. The molecule has 0 aromatic rings.